The van der Waals surface area contributed by atoms with Crippen LogP contribution in [0.15, 0.2) is 54.7 Å². The normalized spacial score (nSPS) is 11.4. The second-order valence-electron chi connectivity index (χ2n) is 6.25. The van der Waals surface area contributed by atoms with Crippen LogP contribution >= 0.6 is 0 Å². The van der Waals surface area contributed by atoms with Crippen LogP contribution < -0.4 is 9.47 Å². The van der Waals surface area contributed by atoms with E-state index in [1.807, 2.05) is 42.5 Å². The Morgan fingerprint density at radius 1 is 0.926 bits per heavy atom. The molecule has 0 amide bonds. The molecule has 1 heterocycles. The number of aliphatic hydroxyl groups is 2. The second kappa shape index (κ2) is 6.83. The number of fused-ring (bicyclic) bond motifs is 2. The molecule has 0 fully saturated rings. The van der Waals surface area contributed by atoms with E-state index in [-0.39, 0.29) is 12.5 Å². The van der Waals surface area contributed by atoms with Gasteiger partial charge in [-0.15, -0.1) is 0 Å². The van der Waals surface area contributed by atoms with Crippen molar-refractivity contribution in [2.45, 2.75) is 6.29 Å². The van der Waals surface area contributed by atoms with Crippen molar-refractivity contribution in [3.8, 4) is 28.5 Å². The van der Waals surface area contributed by atoms with Crippen LogP contribution in [-0.2, 0) is 0 Å². The summed E-state index contributed by atoms with van der Waals surface area (Å²) in [6, 6.07) is 15.1. The van der Waals surface area contributed by atoms with E-state index >= 15 is 0 Å². The Bertz CT molecular complexity index is 1100. The average molecular weight is 365 g/mol. The summed E-state index contributed by atoms with van der Waals surface area (Å²) < 4.78 is 10.7. The van der Waals surface area contributed by atoms with Gasteiger partial charge in [-0.3, -0.25) is 0 Å². The average Bonchev–Trinajstić information content (AvgIpc) is 3.05. The van der Waals surface area contributed by atoms with Crippen molar-refractivity contribution in [2.24, 2.45) is 0 Å². The molecule has 4 rings (SSSR count). The standard InChI is InChI=1S/C21H19NO5/c1-26-14-5-2-12(3-6-14)20-16-9-15(27-11-19(23)24)7-4-13(16)8-17-18(20)10-22-21(17)25/h2-10,19,22-25H,11H2,1H3. The summed E-state index contributed by atoms with van der Waals surface area (Å²) in [4.78, 5) is 2.87. The molecule has 0 radical (unpaired) electrons. The first-order chi connectivity index (χ1) is 13.1. The third kappa shape index (κ3) is 3.16. The molecule has 4 aromatic rings. The minimum Gasteiger partial charge on any atom is -0.497 e. The lowest BCUT2D eigenvalue weighted by Gasteiger charge is -2.13. The molecule has 0 saturated carbocycles. The highest BCUT2D eigenvalue weighted by Gasteiger charge is 2.15. The predicted octanol–water partition coefficient (Wildman–Crippen LogP) is 3.39. The summed E-state index contributed by atoms with van der Waals surface area (Å²) in [6.07, 6.45) is 0.236. The molecule has 0 saturated heterocycles. The molecule has 0 unspecified atom stereocenters. The molecule has 138 valence electrons. The summed E-state index contributed by atoms with van der Waals surface area (Å²) in [5.41, 5.74) is 1.90. The van der Waals surface area contributed by atoms with Gasteiger partial charge in [0.15, 0.2) is 12.2 Å². The van der Waals surface area contributed by atoms with Gasteiger partial charge >= 0.3 is 0 Å². The van der Waals surface area contributed by atoms with Crippen molar-refractivity contribution < 1.29 is 24.8 Å². The number of benzene rings is 3. The number of methoxy groups -OCH3 is 1. The van der Waals surface area contributed by atoms with Crippen LogP contribution in [0.1, 0.15) is 0 Å². The van der Waals surface area contributed by atoms with Crippen LogP contribution in [0, 0.1) is 0 Å². The van der Waals surface area contributed by atoms with Crippen molar-refractivity contribution in [2.75, 3.05) is 13.7 Å². The number of nitrogens with one attached hydrogen (secondary N) is 1. The predicted molar refractivity (Wildman–Crippen MR) is 103 cm³/mol. The Labute approximate surface area is 155 Å². The minimum absolute atomic E-state index is 0.116. The van der Waals surface area contributed by atoms with Gasteiger partial charge in [0, 0.05) is 17.0 Å². The zero-order chi connectivity index (χ0) is 19.0. The molecule has 6 nitrogen and oxygen atoms in total. The SMILES string of the molecule is COc1ccc(-c2c3cc(OCC(O)O)ccc3cc3c(O)[nH]cc23)cc1. The molecule has 0 aliphatic heterocycles. The van der Waals surface area contributed by atoms with Gasteiger partial charge in [0.2, 0.25) is 0 Å². The Kier molecular flexibility index (Phi) is 4.35. The van der Waals surface area contributed by atoms with Gasteiger partial charge in [-0.2, -0.15) is 0 Å². The third-order valence-corrected chi connectivity index (χ3v) is 4.54. The maximum absolute atomic E-state index is 10.2. The van der Waals surface area contributed by atoms with Crippen LogP contribution in [0.2, 0.25) is 0 Å². The van der Waals surface area contributed by atoms with Crippen molar-refractivity contribution in [3.05, 3.63) is 54.7 Å². The smallest absolute Gasteiger partial charge is 0.196 e. The first kappa shape index (κ1) is 17.2. The molecule has 0 bridgehead atoms. The van der Waals surface area contributed by atoms with Gasteiger partial charge in [-0.1, -0.05) is 18.2 Å². The lowest BCUT2D eigenvalue weighted by Crippen LogP contribution is -2.15. The summed E-state index contributed by atoms with van der Waals surface area (Å²) >= 11 is 0. The van der Waals surface area contributed by atoms with Crippen molar-refractivity contribution in [3.63, 3.8) is 0 Å². The maximum atomic E-state index is 10.2. The highest BCUT2D eigenvalue weighted by molar-refractivity contribution is 6.14. The first-order valence-electron chi connectivity index (χ1n) is 8.47. The molecule has 6 heteroatoms. The fourth-order valence-electron chi connectivity index (χ4n) is 3.28. The van der Waals surface area contributed by atoms with E-state index in [4.69, 9.17) is 19.7 Å². The molecule has 0 atom stereocenters. The van der Waals surface area contributed by atoms with E-state index in [0.29, 0.717) is 5.75 Å². The van der Waals surface area contributed by atoms with Gasteiger partial charge in [0.25, 0.3) is 0 Å². The van der Waals surface area contributed by atoms with E-state index in [0.717, 1.165) is 38.4 Å². The monoisotopic (exact) mass is 365 g/mol. The molecule has 0 aliphatic carbocycles. The Morgan fingerprint density at radius 2 is 1.67 bits per heavy atom. The molecular formula is C21H19NO5. The highest BCUT2D eigenvalue weighted by Crippen LogP contribution is 2.40. The molecule has 1 aromatic heterocycles. The number of rotatable bonds is 5. The van der Waals surface area contributed by atoms with Crippen LogP contribution in [-0.4, -0.2) is 40.3 Å². The fourth-order valence-corrected chi connectivity index (χ4v) is 3.28. The van der Waals surface area contributed by atoms with E-state index in [1.54, 1.807) is 19.4 Å². The lowest BCUT2D eigenvalue weighted by molar-refractivity contribution is -0.0680. The van der Waals surface area contributed by atoms with Gasteiger partial charge in [-0.25, -0.2) is 0 Å². The van der Waals surface area contributed by atoms with Gasteiger partial charge < -0.3 is 29.8 Å². The summed E-state index contributed by atoms with van der Waals surface area (Å²) in [6.45, 7) is -0.212. The number of aromatic amines is 1. The van der Waals surface area contributed by atoms with Crippen molar-refractivity contribution in [1.29, 1.82) is 0 Å². The quantitative estimate of drug-likeness (QED) is 0.407. The first-order valence-corrected chi connectivity index (χ1v) is 8.47. The molecule has 4 N–H and O–H groups in total. The third-order valence-electron chi connectivity index (χ3n) is 4.54. The number of hydrogen-bond acceptors (Lipinski definition) is 5. The second-order valence-corrected chi connectivity index (χ2v) is 6.25. The number of ether oxygens (including phenoxy) is 2. The van der Waals surface area contributed by atoms with Crippen molar-refractivity contribution in [1.82, 2.24) is 4.98 Å². The van der Waals surface area contributed by atoms with E-state index in [9.17, 15) is 5.11 Å². The summed E-state index contributed by atoms with van der Waals surface area (Å²) in [7, 11) is 1.62. The zero-order valence-corrected chi connectivity index (χ0v) is 14.6. The Balaban J connectivity index is 1.96. The molecule has 0 aliphatic rings. The largest absolute Gasteiger partial charge is 0.497 e. The fraction of sp³-hybridized carbons (Fsp3) is 0.143. The number of aliphatic hydroxyl groups excluding tert-OH is 1. The molecule has 0 spiro atoms. The van der Waals surface area contributed by atoms with Crippen LogP contribution in [0.4, 0.5) is 0 Å². The van der Waals surface area contributed by atoms with Crippen LogP contribution in [0.25, 0.3) is 32.7 Å². The number of hydrogen-bond donors (Lipinski definition) is 4. The zero-order valence-electron chi connectivity index (χ0n) is 14.6. The Morgan fingerprint density at radius 3 is 2.37 bits per heavy atom. The van der Waals surface area contributed by atoms with E-state index < -0.39 is 6.29 Å². The van der Waals surface area contributed by atoms with Crippen LogP contribution in [0.3, 0.4) is 0 Å². The van der Waals surface area contributed by atoms with Gasteiger partial charge in [-0.05, 0) is 52.2 Å². The summed E-state index contributed by atoms with van der Waals surface area (Å²) in [5.74, 6) is 1.41. The number of aromatic hydroxyl groups is 1. The topological polar surface area (TPSA) is 94.9 Å². The number of H-pyrrole nitrogens is 1. The van der Waals surface area contributed by atoms with Gasteiger partial charge in [0.1, 0.15) is 18.1 Å². The lowest BCUT2D eigenvalue weighted by atomic mass is 9.93. The Hall–Kier alpha value is -3.22. The minimum atomic E-state index is -1.54. The molecule has 27 heavy (non-hydrogen) atoms. The molecule has 3 aromatic carbocycles. The van der Waals surface area contributed by atoms with E-state index in [2.05, 4.69) is 4.98 Å². The van der Waals surface area contributed by atoms with Crippen molar-refractivity contribution >= 4 is 21.5 Å². The van der Waals surface area contributed by atoms with E-state index in [1.165, 1.54) is 0 Å². The maximum Gasteiger partial charge on any atom is 0.196 e. The van der Waals surface area contributed by atoms with Gasteiger partial charge in [0.05, 0.1) is 7.11 Å². The number of aromatic nitrogens is 1. The molecular weight excluding hydrogens is 346 g/mol. The highest BCUT2D eigenvalue weighted by atomic mass is 16.5. The van der Waals surface area contributed by atoms with Crippen LogP contribution in [0.5, 0.6) is 17.4 Å². The summed E-state index contributed by atoms with van der Waals surface area (Å²) in [5, 5.41) is 31.7.